The first-order valence-electron chi connectivity index (χ1n) is 13.3. The Kier molecular flexibility index (Phi) is 9.77. The summed E-state index contributed by atoms with van der Waals surface area (Å²) in [6.45, 7) is 9.71. The zero-order valence-corrected chi connectivity index (χ0v) is 23.0. The molecule has 0 bridgehead atoms. The van der Waals surface area contributed by atoms with Gasteiger partial charge in [0.15, 0.2) is 11.9 Å². The van der Waals surface area contributed by atoms with E-state index in [1.807, 2.05) is 26.8 Å². The first-order valence-corrected chi connectivity index (χ1v) is 13.3. The Morgan fingerprint density at radius 1 is 1.16 bits per heavy atom. The normalized spacial score (nSPS) is 32.0. The Morgan fingerprint density at radius 2 is 1.84 bits per heavy atom. The molecule has 0 aromatic carbocycles. The molecule has 1 saturated carbocycles. The molecule has 10 heteroatoms. The second-order valence-corrected chi connectivity index (χ2v) is 11.9. The molecule has 37 heavy (non-hydrogen) atoms. The van der Waals surface area contributed by atoms with Gasteiger partial charge in [-0.05, 0) is 44.9 Å². The third kappa shape index (κ3) is 8.24. The van der Waals surface area contributed by atoms with Gasteiger partial charge in [0.1, 0.15) is 30.5 Å². The Hall–Kier alpha value is -2.01. The van der Waals surface area contributed by atoms with E-state index in [2.05, 4.69) is 10.6 Å². The van der Waals surface area contributed by atoms with Gasteiger partial charge in [0, 0.05) is 7.11 Å². The largest absolute Gasteiger partial charge is 0.460 e. The molecule has 0 aromatic heterocycles. The van der Waals surface area contributed by atoms with Gasteiger partial charge < -0.3 is 34.7 Å². The van der Waals surface area contributed by atoms with E-state index in [-0.39, 0.29) is 29.8 Å². The second kappa shape index (κ2) is 12.2. The molecule has 3 fully saturated rings. The van der Waals surface area contributed by atoms with E-state index in [1.165, 1.54) is 7.11 Å². The average Bonchev–Trinajstić information content (AvgIpc) is 3.30. The summed E-state index contributed by atoms with van der Waals surface area (Å²) >= 11 is 0. The Bertz CT molecular complexity index is 846. The van der Waals surface area contributed by atoms with Gasteiger partial charge >= 0.3 is 5.97 Å². The molecule has 1 aliphatic carbocycles. The highest BCUT2D eigenvalue weighted by Crippen LogP contribution is 2.31. The van der Waals surface area contributed by atoms with Crippen LogP contribution in [0.1, 0.15) is 73.1 Å². The van der Waals surface area contributed by atoms with Gasteiger partial charge in [-0.2, -0.15) is 0 Å². The van der Waals surface area contributed by atoms with Crippen molar-refractivity contribution in [2.24, 2.45) is 11.3 Å². The number of ether oxygens (including phenoxy) is 4. The van der Waals surface area contributed by atoms with E-state index in [1.54, 1.807) is 19.9 Å². The third-order valence-corrected chi connectivity index (χ3v) is 7.00. The molecule has 2 amide bonds. The van der Waals surface area contributed by atoms with Crippen LogP contribution in [-0.4, -0.2) is 78.9 Å². The van der Waals surface area contributed by atoms with Crippen LogP contribution in [-0.2, 0) is 33.3 Å². The molecule has 0 unspecified atom stereocenters. The molecule has 0 spiro atoms. The molecular formula is C27H44N2O8. The predicted octanol–water partition coefficient (Wildman–Crippen LogP) is 1.98. The first-order chi connectivity index (χ1) is 17.3. The van der Waals surface area contributed by atoms with Gasteiger partial charge in [-0.3, -0.25) is 14.4 Å². The summed E-state index contributed by atoms with van der Waals surface area (Å²) < 4.78 is 22.9. The fraction of sp³-hybridized carbons (Fsp3) is 0.815. The number of methoxy groups -OCH3 is 1. The number of carbonyl (C=O) groups excluding carboxylic acids is 3. The van der Waals surface area contributed by atoms with Gasteiger partial charge in [-0.15, -0.1) is 0 Å². The Balaban J connectivity index is 1.63. The fourth-order valence-corrected chi connectivity index (χ4v) is 5.01. The summed E-state index contributed by atoms with van der Waals surface area (Å²) in [5.41, 5.74) is -0.130. The summed E-state index contributed by atoms with van der Waals surface area (Å²) in [4.78, 5) is 38.4. The molecule has 0 aromatic rings. The number of nitrogens with one attached hydrogen (secondary N) is 2. The fourth-order valence-electron chi connectivity index (χ4n) is 5.01. The lowest BCUT2D eigenvalue weighted by Crippen LogP contribution is -2.62. The maximum atomic E-state index is 13.3. The van der Waals surface area contributed by atoms with Crippen LogP contribution in [0.3, 0.4) is 0 Å². The molecule has 210 valence electrons. The number of allylic oxidation sites excluding steroid dienone is 1. The summed E-state index contributed by atoms with van der Waals surface area (Å²) in [5.74, 6) is -2.29. The van der Waals surface area contributed by atoms with Crippen LogP contribution in [0.15, 0.2) is 12.2 Å². The van der Waals surface area contributed by atoms with Crippen molar-refractivity contribution < 1.29 is 38.4 Å². The molecular weight excluding hydrogens is 480 g/mol. The van der Waals surface area contributed by atoms with Gasteiger partial charge in [0.25, 0.3) is 5.91 Å². The van der Waals surface area contributed by atoms with Crippen LogP contribution in [0.4, 0.5) is 0 Å². The number of rotatable bonds is 7. The lowest BCUT2D eigenvalue weighted by atomic mass is 9.93. The lowest BCUT2D eigenvalue weighted by molar-refractivity contribution is -0.334. The SMILES string of the molecule is CO[C@@H](C(=O)N[C@H]1CC[C@@H](OC(=O)C2CCCC2)CNC1=O)[C@@H]1OC(C)(C)O[C@H](/C=C/C(C)(C)C)[C@@H]1O. The van der Waals surface area contributed by atoms with Crippen molar-refractivity contribution in [2.75, 3.05) is 13.7 Å². The van der Waals surface area contributed by atoms with Crippen LogP contribution in [0.5, 0.6) is 0 Å². The van der Waals surface area contributed by atoms with Gasteiger partial charge in [0.2, 0.25) is 5.91 Å². The van der Waals surface area contributed by atoms with Crippen LogP contribution in [0.25, 0.3) is 0 Å². The molecule has 10 nitrogen and oxygen atoms in total. The number of hydrogen-bond donors (Lipinski definition) is 3. The van der Waals surface area contributed by atoms with Crippen LogP contribution in [0, 0.1) is 11.3 Å². The molecule has 0 radical (unpaired) electrons. The number of aliphatic hydroxyl groups excluding tert-OH is 1. The minimum absolute atomic E-state index is 0.0610. The lowest BCUT2D eigenvalue weighted by Gasteiger charge is -2.45. The number of amides is 2. The molecule has 6 atom stereocenters. The number of carbonyl (C=O) groups is 3. The summed E-state index contributed by atoms with van der Waals surface area (Å²) in [6.07, 6.45) is 3.67. The van der Waals surface area contributed by atoms with Gasteiger partial charge in [-0.1, -0.05) is 45.8 Å². The highest BCUT2D eigenvalue weighted by Gasteiger charge is 2.48. The summed E-state index contributed by atoms with van der Waals surface area (Å²) in [7, 11) is 1.36. The Morgan fingerprint density at radius 3 is 2.46 bits per heavy atom. The molecule has 2 aliphatic heterocycles. The number of esters is 1. The first kappa shape index (κ1) is 29.5. The van der Waals surface area contributed by atoms with Crippen molar-refractivity contribution in [2.45, 2.75) is 115 Å². The summed E-state index contributed by atoms with van der Waals surface area (Å²) in [5, 5.41) is 16.5. The molecule has 2 saturated heterocycles. The van der Waals surface area contributed by atoms with Crippen LogP contribution < -0.4 is 10.6 Å². The van der Waals surface area contributed by atoms with Crippen molar-refractivity contribution in [3.63, 3.8) is 0 Å². The van der Waals surface area contributed by atoms with E-state index in [0.29, 0.717) is 12.8 Å². The molecule has 2 heterocycles. The van der Waals surface area contributed by atoms with Crippen molar-refractivity contribution in [1.82, 2.24) is 10.6 Å². The minimum Gasteiger partial charge on any atom is -0.460 e. The van der Waals surface area contributed by atoms with E-state index in [0.717, 1.165) is 25.7 Å². The number of aliphatic hydroxyl groups is 1. The van der Waals surface area contributed by atoms with Crippen molar-refractivity contribution in [3.05, 3.63) is 12.2 Å². The maximum Gasteiger partial charge on any atom is 0.309 e. The quantitative estimate of drug-likeness (QED) is 0.340. The van der Waals surface area contributed by atoms with E-state index < -0.39 is 48.3 Å². The van der Waals surface area contributed by atoms with Crippen LogP contribution in [0.2, 0.25) is 0 Å². The topological polar surface area (TPSA) is 132 Å². The van der Waals surface area contributed by atoms with Crippen molar-refractivity contribution >= 4 is 17.8 Å². The van der Waals surface area contributed by atoms with E-state index in [9.17, 15) is 19.5 Å². The second-order valence-electron chi connectivity index (χ2n) is 11.9. The maximum absolute atomic E-state index is 13.3. The highest BCUT2D eigenvalue weighted by atomic mass is 16.7. The highest BCUT2D eigenvalue weighted by molar-refractivity contribution is 5.90. The van der Waals surface area contributed by atoms with Crippen LogP contribution >= 0.6 is 0 Å². The van der Waals surface area contributed by atoms with Gasteiger partial charge in [-0.25, -0.2) is 0 Å². The third-order valence-electron chi connectivity index (χ3n) is 7.00. The van der Waals surface area contributed by atoms with Crippen molar-refractivity contribution in [1.29, 1.82) is 0 Å². The predicted molar refractivity (Wildman–Crippen MR) is 135 cm³/mol. The number of hydrogen-bond acceptors (Lipinski definition) is 8. The Labute approximate surface area is 219 Å². The van der Waals surface area contributed by atoms with E-state index in [4.69, 9.17) is 18.9 Å². The monoisotopic (exact) mass is 524 g/mol. The zero-order valence-electron chi connectivity index (χ0n) is 23.0. The smallest absolute Gasteiger partial charge is 0.309 e. The molecule has 3 aliphatic rings. The van der Waals surface area contributed by atoms with Gasteiger partial charge in [0.05, 0.1) is 12.5 Å². The zero-order chi connectivity index (χ0) is 27.4. The van der Waals surface area contributed by atoms with Crippen molar-refractivity contribution in [3.8, 4) is 0 Å². The molecule has 3 rings (SSSR count). The van der Waals surface area contributed by atoms with E-state index >= 15 is 0 Å². The standard InChI is InChI=1S/C27H44N2O8/c1-26(2,3)14-13-19-20(30)21(37-27(4,5)36-19)22(34-6)24(32)29-18-12-11-17(15-28-23(18)31)35-25(33)16-9-7-8-10-16/h13-14,16-22,30H,7-12,15H2,1-6H3,(H,28,31)(H,29,32)/b14-13+/t17-,18+,19-,20+,21-,22-/m1/s1. The minimum atomic E-state index is -1.18. The molecule has 3 N–H and O–H groups in total. The summed E-state index contributed by atoms with van der Waals surface area (Å²) in [6, 6.07) is -0.832. The average molecular weight is 525 g/mol.